The van der Waals surface area contributed by atoms with Crippen molar-refractivity contribution >= 4 is 39.8 Å². The molecule has 1 aliphatic rings. The Morgan fingerprint density at radius 3 is 2.32 bits per heavy atom. The minimum absolute atomic E-state index is 0. The summed E-state index contributed by atoms with van der Waals surface area (Å²) in [6.45, 7) is 9.31. The van der Waals surface area contributed by atoms with Gasteiger partial charge in [-0.2, -0.15) is 0 Å². The molecule has 7 heteroatoms. The minimum Gasteiger partial charge on any atom is -0.356 e. The van der Waals surface area contributed by atoms with Crippen LogP contribution in [-0.4, -0.2) is 58.0 Å². The van der Waals surface area contributed by atoms with Gasteiger partial charge in [0.15, 0.2) is 5.96 Å². The van der Waals surface area contributed by atoms with Crippen LogP contribution < -0.4 is 5.32 Å². The maximum Gasteiger partial charge on any atom is 0.193 e. The first kappa shape index (κ1) is 21.9. The lowest BCUT2D eigenvalue weighted by Crippen LogP contribution is -2.47. The lowest BCUT2D eigenvalue weighted by molar-refractivity contribution is 0.267. The van der Waals surface area contributed by atoms with Crippen molar-refractivity contribution in [2.75, 3.05) is 38.7 Å². The molecule has 132 valence electrons. The van der Waals surface area contributed by atoms with E-state index in [1.165, 1.54) is 19.1 Å². The summed E-state index contributed by atoms with van der Waals surface area (Å²) in [6, 6.07) is 0. The molecule has 1 aliphatic heterocycles. The Balaban J connectivity index is 0.00000441. The predicted molar refractivity (Wildman–Crippen MR) is 105 cm³/mol. The molecule has 1 rings (SSSR count). The van der Waals surface area contributed by atoms with E-state index >= 15 is 0 Å². The second kappa shape index (κ2) is 9.30. The Morgan fingerprint density at radius 1 is 1.32 bits per heavy atom. The van der Waals surface area contributed by atoms with Gasteiger partial charge >= 0.3 is 0 Å². The standard InChI is InChI=1S/C15H31N3O2S.HI/c1-13-6-9-18(10-7-13)14(16-4)17-12-15(2,3)8-11-21(5,19)20;/h13H,6-12H2,1-5H3,(H,16,17);1H. The summed E-state index contributed by atoms with van der Waals surface area (Å²) in [5.41, 5.74) is -0.0674. The summed E-state index contributed by atoms with van der Waals surface area (Å²) < 4.78 is 22.6. The first-order chi connectivity index (χ1) is 9.63. The van der Waals surface area contributed by atoms with Crippen LogP contribution in [0.5, 0.6) is 0 Å². The monoisotopic (exact) mass is 445 g/mol. The summed E-state index contributed by atoms with van der Waals surface area (Å²) in [7, 11) is -1.09. The van der Waals surface area contributed by atoms with Gasteiger partial charge in [-0.3, -0.25) is 4.99 Å². The van der Waals surface area contributed by atoms with E-state index in [-0.39, 0.29) is 35.1 Å². The van der Waals surface area contributed by atoms with Crippen molar-refractivity contribution < 1.29 is 8.42 Å². The number of nitrogens with one attached hydrogen (secondary N) is 1. The number of halogens is 1. The van der Waals surface area contributed by atoms with Crippen molar-refractivity contribution in [1.29, 1.82) is 0 Å². The highest BCUT2D eigenvalue weighted by atomic mass is 127. The van der Waals surface area contributed by atoms with Crippen molar-refractivity contribution in [3.63, 3.8) is 0 Å². The SMILES string of the molecule is CN=C(NCC(C)(C)CCS(C)(=O)=O)N1CCC(C)CC1.I. The lowest BCUT2D eigenvalue weighted by atomic mass is 9.90. The molecule has 0 atom stereocenters. The van der Waals surface area contributed by atoms with E-state index in [0.29, 0.717) is 6.42 Å². The van der Waals surface area contributed by atoms with E-state index in [2.05, 4.69) is 36.0 Å². The van der Waals surface area contributed by atoms with Crippen LogP contribution in [0.25, 0.3) is 0 Å². The molecule has 1 heterocycles. The molecule has 0 aromatic rings. The number of nitrogens with zero attached hydrogens (tertiary/aromatic N) is 2. The molecule has 1 fully saturated rings. The largest absolute Gasteiger partial charge is 0.356 e. The van der Waals surface area contributed by atoms with E-state index in [9.17, 15) is 8.42 Å². The van der Waals surface area contributed by atoms with Gasteiger partial charge in [0.2, 0.25) is 0 Å². The summed E-state index contributed by atoms with van der Waals surface area (Å²) in [6.07, 6.45) is 4.37. The number of sulfone groups is 1. The third-order valence-electron chi connectivity index (χ3n) is 4.17. The summed E-state index contributed by atoms with van der Waals surface area (Å²) >= 11 is 0. The van der Waals surface area contributed by atoms with E-state index < -0.39 is 9.84 Å². The van der Waals surface area contributed by atoms with Gasteiger partial charge in [0.1, 0.15) is 9.84 Å². The van der Waals surface area contributed by atoms with Gasteiger partial charge in [-0.1, -0.05) is 20.8 Å². The van der Waals surface area contributed by atoms with Crippen LogP contribution in [0.2, 0.25) is 0 Å². The van der Waals surface area contributed by atoms with Gasteiger partial charge in [-0.25, -0.2) is 8.42 Å². The van der Waals surface area contributed by atoms with Crippen molar-refractivity contribution in [3.05, 3.63) is 0 Å². The molecule has 1 saturated heterocycles. The quantitative estimate of drug-likeness (QED) is 0.401. The van der Waals surface area contributed by atoms with Crippen LogP contribution in [-0.2, 0) is 9.84 Å². The van der Waals surface area contributed by atoms with E-state index in [0.717, 1.165) is 31.5 Å². The number of rotatable bonds is 5. The van der Waals surface area contributed by atoms with Gasteiger partial charge in [0, 0.05) is 32.9 Å². The van der Waals surface area contributed by atoms with Crippen LogP contribution in [0.1, 0.15) is 40.0 Å². The third-order valence-corrected chi connectivity index (χ3v) is 5.12. The molecule has 1 N–H and O–H groups in total. The van der Waals surface area contributed by atoms with Gasteiger partial charge < -0.3 is 10.2 Å². The molecule has 0 spiro atoms. The molecule has 0 radical (unpaired) electrons. The first-order valence-corrected chi connectivity index (χ1v) is 9.82. The zero-order chi connectivity index (χ0) is 16.1. The molecule has 0 aromatic heterocycles. The molecule has 0 saturated carbocycles. The fourth-order valence-corrected chi connectivity index (χ4v) is 3.34. The van der Waals surface area contributed by atoms with Crippen molar-refractivity contribution in [2.24, 2.45) is 16.3 Å². The Kier molecular flexibility index (Phi) is 9.27. The summed E-state index contributed by atoms with van der Waals surface area (Å²) in [5, 5.41) is 3.41. The van der Waals surface area contributed by atoms with Crippen LogP contribution in [0.4, 0.5) is 0 Å². The minimum atomic E-state index is -2.90. The number of aliphatic imine (C=N–C) groups is 1. The van der Waals surface area contributed by atoms with Gasteiger partial charge in [-0.05, 0) is 30.6 Å². The van der Waals surface area contributed by atoms with E-state index in [1.54, 1.807) is 0 Å². The zero-order valence-corrected chi connectivity index (χ0v) is 17.7. The lowest BCUT2D eigenvalue weighted by Gasteiger charge is -2.34. The van der Waals surface area contributed by atoms with Crippen LogP contribution in [0.15, 0.2) is 4.99 Å². The molecule has 22 heavy (non-hydrogen) atoms. The highest BCUT2D eigenvalue weighted by molar-refractivity contribution is 14.0. The van der Waals surface area contributed by atoms with E-state index in [1.807, 2.05) is 7.05 Å². The fraction of sp³-hybridized carbons (Fsp3) is 0.933. The normalized spacial score (nSPS) is 18.0. The Labute approximate surface area is 153 Å². The molecule has 5 nitrogen and oxygen atoms in total. The fourth-order valence-electron chi connectivity index (χ4n) is 2.42. The number of piperidine rings is 1. The molecular weight excluding hydrogens is 413 g/mol. The average molecular weight is 445 g/mol. The van der Waals surface area contributed by atoms with Crippen LogP contribution in [0, 0.1) is 11.3 Å². The average Bonchev–Trinajstić information content (AvgIpc) is 2.38. The van der Waals surface area contributed by atoms with Crippen LogP contribution in [0.3, 0.4) is 0 Å². The Bertz CT molecular complexity index is 455. The van der Waals surface area contributed by atoms with Crippen molar-refractivity contribution in [3.8, 4) is 0 Å². The molecule has 0 aliphatic carbocycles. The summed E-state index contributed by atoms with van der Waals surface area (Å²) in [4.78, 5) is 6.66. The highest BCUT2D eigenvalue weighted by Gasteiger charge is 2.23. The molecule has 0 unspecified atom stereocenters. The highest BCUT2D eigenvalue weighted by Crippen LogP contribution is 2.20. The third kappa shape index (κ3) is 8.55. The van der Waals surface area contributed by atoms with Gasteiger partial charge in [-0.15, -0.1) is 24.0 Å². The second-order valence-corrected chi connectivity index (χ2v) is 9.37. The van der Waals surface area contributed by atoms with Gasteiger partial charge in [0.25, 0.3) is 0 Å². The predicted octanol–water partition coefficient (Wildman–Crippen LogP) is 2.37. The Morgan fingerprint density at radius 2 is 1.86 bits per heavy atom. The first-order valence-electron chi connectivity index (χ1n) is 7.76. The number of hydrogen-bond donors (Lipinski definition) is 1. The maximum absolute atomic E-state index is 11.3. The topological polar surface area (TPSA) is 61.8 Å². The smallest absolute Gasteiger partial charge is 0.193 e. The maximum atomic E-state index is 11.3. The van der Waals surface area contributed by atoms with Crippen molar-refractivity contribution in [2.45, 2.75) is 40.0 Å². The molecule has 0 aromatic carbocycles. The zero-order valence-electron chi connectivity index (χ0n) is 14.6. The number of guanidine groups is 1. The number of hydrogen-bond acceptors (Lipinski definition) is 3. The molecule has 0 amide bonds. The molecule has 0 bridgehead atoms. The number of likely N-dealkylation sites (tertiary alicyclic amines) is 1. The second-order valence-electron chi connectivity index (χ2n) is 7.11. The Hall–Kier alpha value is -0.0500. The van der Waals surface area contributed by atoms with Gasteiger partial charge in [0.05, 0.1) is 5.75 Å². The summed E-state index contributed by atoms with van der Waals surface area (Å²) in [5.74, 6) is 1.97. The molecular formula is C15H32IN3O2S. The van der Waals surface area contributed by atoms with Crippen LogP contribution >= 0.6 is 24.0 Å². The van der Waals surface area contributed by atoms with Crippen molar-refractivity contribution in [1.82, 2.24) is 10.2 Å². The van der Waals surface area contributed by atoms with E-state index in [4.69, 9.17) is 0 Å².